The minimum Gasteiger partial charge on any atom is -0.378 e. The predicted octanol–water partition coefficient (Wildman–Crippen LogP) is 2.78. The van der Waals surface area contributed by atoms with Crippen molar-refractivity contribution in [2.24, 2.45) is 0 Å². The first-order valence-corrected chi connectivity index (χ1v) is 12.1. The Morgan fingerprint density at radius 3 is 2.41 bits per heavy atom. The van der Waals surface area contributed by atoms with Crippen LogP contribution in [0.25, 0.3) is 16.8 Å². The van der Waals surface area contributed by atoms with Gasteiger partial charge in [-0.05, 0) is 36.4 Å². The molecule has 0 unspecified atom stereocenters. The number of pyridine rings is 1. The van der Waals surface area contributed by atoms with Crippen LogP contribution < -0.4 is 10.2 Å². The molecule has 9 nitrogen and oxygen atoms in total. The normalized spacial score (nSPS) is 14.6. The van der Waals surface area contributed by atoms with E-state index >= 15 is 0 Å². The summed E-state index contributed by atoms with van der Waals surface area (Å²) < 4.78 is 30.6. The highest BCUT2D eigenvalue weighted by molar-refractivity contribution is 7.90. The fourth-order valence-corrected chi connectivity index (χ4v) is 4.25. The van der Waals surface area contributed by atoms with Crippen LogP contribution >= 0.6 is 0 Å². The predicted molar refractivity (Wildman–Crippen MR) is 122 cm³/mol. The van der Waals surface area contributed by atoms with Crippen LogP contribution in [-0.4, -0.2) is 60.6 Å². The molecule has 0 radical (unpaired) electrons. The third-order valence-corrected chi connectivity index (χ3v) is 6.44. The van der Waals surface area contributed by atoms with Crippen molar-refractivity contribution in [3.63, 3.8) is 0 Å². The Bertz CT molecular complexity index is 1340. The molecule has 10 heteroatoms. The van der Waals surface area contributed by atoms with Gasteiger partial charge in [-0.15, -0.1) is 5.10 Å². The molecule has 5 rings (SSSR count). The Kier molecular flexibility index (Phi) is 5.24. The first kappa shape index (κ1) is 20.4. The SMILES string of the molecule is CS(=O)(=O)c1ccc(-c2ccc3cnc(Nc4ccc(N5CCOCC5)nc4)nn23)cc1. The van der Waals surface area contributed by atoms with Crippen molar-refractivity contribution in [2.45, 2.75) is 4.90 Å². The molecule has 0 bridgehead atoms. The number of morpholine rings is 1. The van der Waals surface area contributed by atoms with Crippen molar-refractivity contribution in [1.29, 1.82) is 0 Å². The van der Waals surface area contributed by atoms with Gasteiger partial charge in [0.2, 0.25) is 5.95 Å². The Morgan fingerprint density at radius 1 is 0.938 bits per heavy atom. The topological polar surface area (TPSA) is 102 Å². The number of nitrogens with zero attached hydrogens (tertiary/aromatic N) is 5. The van der Waals surface area contributed by atoms with E-state index in [0.717, 1.165) is 41.4 Å². The molecule has 1 aromatic carbocycles. The first-order chi connectivity index (χ1) is 15.5. The van der Waals surface area contributed by atoms with Gasteiger partial charge in [0.05, 0.1) is 47.4 Å². The Hall–Kier alpha value is -3.50. The fraction of sp³-hybridized carbons (Fsp3) is 0.227. The molecule has 3 aromatic heterocycles. The average molecular weight is 451 g/mol. The first-order valence-electron chi connectivity index (χ1n) is 10.2. The van der Waals surface area contributed by atoms with E-state index in [0.29, 0.717) is 19.2 Å². The molecule has 0 aliphatic carbocycles. The Balaban J connectivity index is 1.39. The maximum Gasteiger partial charge on any atom is 0.245 e. The molecule has 1 fully saturated rings. The number of hydrogen-bond donors (Lipinski definition) is 1. The van der Waals surface area contributed by atoms with E-state index in [2.05, 4.69) is 25.3 Å². The van der Waals surface area contributed by atoms with Gasteiger partial charge in [-0.3, -0.25) is 0 Å². The number of ether oxygens (including phenoxy) is 1. The molecule has 0 spiro atoms. The average Bonchev–Trinajstić information content (AvgIpc) is 3.23. The number of hydrogen-bond acceptors (Lipinski definition) is 8. The monoisotopic (exact) mass is 450 g/mol. The zero-order valence-electron chi connectivity index (χ0n) is 17.5. The summed E-state index contributed by atoms with van der Waals surface area (Å²) in [5.41, 5.74) is 3.32. The van der Waals surface area contributed by atoms with Gasteiger partial charge >= 0.3 is 0 Å². The number of fused-ring (bicyclic) bond motifs is 1. The highest BCUT2D eigenvalue weighted by Gasteiger charge is 2.13. The second-order valence-corrected chi connectivity index (χ2v) is 9.58. The molecule has 32 heavy (non-hydrogen) atoms. The van der Waals surface area contributed by atoms with Gasteiger partial charge < -0.3 is 15.0 Å². The van der Waals surface area contributed by atoms with Crippen molar-refractivity contribution >= 4 is 32.8 Å². The van der Waals surface area contributed by atoms with E-state index < -0.39 is 9.84 Å². The summed E-state index contributed by atoms with van der Waals surface area (Å²) in [5.74, 6) is 1.35. The lowest BCUT2D eigenvalue weighted by Crippen LogP contribution is -2.36. The Morgan fingerprint density at radius 2 is 1.72 bits per heavy atom. The zero-order valence-corrected chi connectivity index (χ0v) is 18.3. The zero-order chi connectivity index (χ0) is 22.1. The molecule has 1 aliphatic rings. The summed E-state index contributed by atoms with van der Waals surface area (Å²) in [7, 11) is -3.24. The van der Waals surface area contributed by atoms with E-state index in [4.69, 9.17) is 4.74 Å². The van der Waals surface area contributed by atoms with Crippen molar-refractivity contribution in [2.75, 3.05) is 42.8 Å². The van der Waals surface area contributed by atoms with Crippen LogP contribution in [0.3, 0.4) is 0 Å². The summed E-state index contributed by atoms with van der Waals surface area (Å²) in [4.78, 5) is 11.4. The molecule has 4 aromatic rings. The summed E-state index contributed by atoms with van der Waals surface area (Å²) in [6, 6.07) is 14.5. The summed E-state index contributed by atoms with van der Waals surface area (Å²) in [5, 5.41) is 7.81. The van der Waals surface area contributed by atoms with Gasteiger partial charge in [-0.1, -0.05) is 12.1 Å². The molecule has 0 saturated carbocycles. The van der Waals surface area contributed by atoms with Gasteiger partial charge in [0.15, 0.2) is 9.84 Å². The number of aromatic nitrogens is 4. The van der Waals surface area contributed by atoms with Crippen LogP contribution in [0.1, 0.15) is 0 Å². The lowest BCUT2D eigenvalue weighted by molar-refractivity contribution is 0.122. The molecule has 1 N–H and O–H groups in total. The molecule has 0 amide bonds. The molecule has 4 heterocycles. The van der Waals surface area contributed by atoms with Gasteiger partial charge in [0, 0.05) is 24.9 Å². The standard InChI is InChI=1S/C22H22N6O3S/c1-32(29,30)19-6-2-16(3-7-19)20-8-5-18-15-24-22(26-28(18)20)25-17-4-9-21(23-14-17)27-10-12-31-13-11-27/h2-9,14-15H,10-13H2,1H3,(H,25,26). The molecule has 1 aliphatic heterocycles. The van der Waals surface area contributed by atoms with Crippen LogP contribution in [0.5, 0.6) is 0 Å². The van der Waals surface area contributed by atoms with Crippen molar-refractivity contribution in [1.82, 2.24) is 19.6 Å². The van der Waals surface area contributed by atoms with Gasteiger partial charge in [-0.2, -0.15) is 0 Å². The molecular weight excluding hydrogens is 428 g/mol. The molecule has 164 valence electrons. The van der Waals surface area contributed by atoms with Crippen molar-refractivity contribution in [3.05, 3.63) is 60.9 Å². The van der Waals surface area contributed by atoms with E-state index in [1.54, 1.807) is 41.2 Å². The minimum absolute atomic E-state index is 0.284. The van der Waals surface area contributed by atoms with Crippen LogP contribution in [0.4, 0.5) is 17.5 Å². The smallest absolute Gasteiger partial charge is 0.245 e. The molecule has 0 atom stereocenters. The van der Waals surface area contributed by atoms with Gasteiger partial charge in [0.25, 0.3) is 0 Å². The summed E-state index contributed by atoms with van der Waals surface area (Å²) >= 11 is 0. The third-order valence-electron chi connectivity index (χ3n) is 5.32. The van der Waals surface area contributed by atoms with Crippen LogP contribution in [0.15, 0.2) is 65.8 Å². The maximum absolute atomic E-state index is 11.7. The fourth-order valence-electron chi connectivity index (χ4n) is 3.62. The van der Waals surface area contributed by atoms with Crippen LogP contribution in [-0.2, 0) is 14.6 Å². The van der Waals surface area contributed by atoms with E-state index in [1.807, 2.05) is 24.3 Å². The number of nitrogens with one attached hydrogen (secondary N) is 1. The second-order valence-electron chi connectivity index (χ2n) is 7.56. The minimum atomic E-state index is -3.24. The van der Waals surface area contributed by atoms with E-state index in [9.17, 15) is 8.42 Å². The van der Waals surface area contributed by atoms with E-state index in [-0.39, 0.29) is 4.90 Å². The van der Waals surface area contributed by atoms with Gasteiger partial charge in [-0.25, -0.2) is 22.9 Å². The highest BCUT2D eigenvalue weighted by atomic mass is 32.2. The second kappa shape index (κ2) is 8.21. The Labute approximate surface area is 185 Å². The third kappa shape index (κ3) is 4.14. The van der Waals surface area contributed by atoms with E-state index in [1.165, 1.54) is 6.26 Å². The highest BCUT2D eigenvalue weighted by Crippen LogP contribution is 2.24. The number of anilines is 3. The lowest BCUT2D eigenvalue weighted by atomic mass is 10.2. The largest absolute Gasteiger partial charge is 0.378 e. The van der Waals surface area contributed by atoms with Crippen molar-refractivity contribution in [3.8, 4) is 11.3 Å². The maximum atomic E-state index is 11.7. The number of rotatable bonds is 5. The van der Waals surface area contributed by atoms with Crippen LogP contribution in [0, 0.1) is 0 Å². The van der Waals surface area contributed by atoms with Crippen LogP contribution in [0.2, 0.25) is 0 Å². The molecule has 1 saturated heterocycles. The summed E-state index contributed by atoms with van der Waals surface area (Å²) in [6.45, 7) is 3.10. The summed E-state index contributed by atoms with van der Waals surface area (Å²) in [6.07, 6.45) is 4.69. The number of sulfone groups is 1. The number of benzene rings is 1. The quantitative estimate of drug-likeness (QED) is 0.495. The van der Waals surface area contributed by atoms with Gasteiger partial charge in [0.1, 0.15) is 5.82 Å². The molecular formula is C22H22N6O3S. The lowest BCUT2D eigenvalue weighted by Gasteiger charge is -2.27. The van der Waals surface area contributed by atoms with Crippen molar-refractivity contribution < 1.29 is 13.2 Å².